The molecule has 1 aromatic rings. The topological polar surface area (TPSA) is 26.0 Å². The number of unbranched alkanes of at least 4 members (excludes halogenated alkanes) is 1. The summed E-state index contributed by atoms with van der Waals surface area (Å²) in [4.78, 5) is 0. The molecule has 0 saturated heterocycles. The van der Waals surface area contributed by atoms with Crippen molar-refractivity contribution in [3.05, 3.63) is 34.9 Å². The highest BCUT2D eigenvalue weighted by Gasteiger charge is 2.21. The third-order valence-corrected chi connectivity index (χ3v) is 3.18. The van der Waals surface area contributed by atoms with Gasteiger partial charge in [-0.25, -0.2) is 0 Å². The first kappa shape index (κ1) is 9.72. The summed E-state index contributed by atoms with van der Waals surface area (Å²) >= 11 is 0. The standard InChI is InChI=1S/C13H19N/c1-2-3-5-10-6-4-7-11-8-9-12(14)13(10)11/h4,6-7,12H,2-3,5,8-9,14H2,1H3. The van der Waals surface area contributed by atoms with E-state index in [2.05, 4.69) is 25.1 Å². The smallest absolute Gasteiger partial charge is 0.0303 e. The summed E-state index contributed by atoms with van der Waals surface area (Å²) in [7, 11) is 0. The Balaban J connectivity index is 2.27. The first-order chi connectivity index (χ1) is 6.83. The molecule has 1 aromatic carbocycles. The Morgan fingerprint density at radius 1 is 1.43 bits per heavy atom. The van der Waals surface area contributed by atoms with Crippen molar-refractivity contribution in [1.29, 1.82) is 0 Å². The van der Waals surface area contributed by atoms with Crippen LogP contribution in [0.3, 0.4) is 0 Å². The number of hydrogen-bond donors (Lipinski definition) is 1. The molecular weight excluding hydrogens is 170 g/mol. The van der Waals surface area contributed by atoms with Crippen LogP contribution in [0.1, 0.15) is 48.9 Å². The molecule has 1 unspecified atom stereocenters. The highest BCUT2D eigenvalue weighted by Crippen LogP contribution is 2.32. The van der Waals surface area contributed by atoms with Crippen LogP contribution in [0.4, 0.5) is 0 Å². The molecule has 0 fully saturated rings. The van der Waals surface area contributed by atoms with Gasteiger partial charge < -0.3 is 5.73 Å². The van der Waals surface area contributed by atoms with Crippen LogP contribution >= 0.6 is 0 Å². The van der Waals surface area contributed by atoms with Gasteiger partial charge in [0.2, 0.25) is 0 Å². The van der Waals surface area contributed by atoms with Gasteiger partial charge in [-0.15, -0.1) is 0 Å². The average molecular weight is 189 g/mol. The van der Waals surface area contributed by atoms with E-state index in [1.54, 1.807) is 0 Å². The molecule has 1 heteroatoms. The maximum absolute atomic E-state index is 6.12. The zero-order chi connectivity index (χ0) is 9.97. The molecule has 1 nitrogen and oxygen atoms in total. The molecule has 1 atom stereocenters. The average Bonchev–Trinajstić information content (AvgIpc) is 2.58. The van der Waals surface area contributed by atoms with Crippen molar-refractivity contribution >= 4 is 0 Å². The van der Waals surface area contributed by atoms with Gasteiger partial charge in [0.15, 0.2) is 0 Å². The van der Waals surface area contributed by atoms with Crippen LogP contribution in [0.25, 0.3) is 0 Å². The Morgan fingerprint density at radius 3 is 3.07 bits per heavy atom. The molecule has 2 rings (SSSR count). The van der Waals surface area contributed by atoms with Crippen LogP contribution in [0.15, 0.2) is 18.2 Å². The Hall–Kier alpha value is -0.820. The van der Waals surface area contributed by atoms with Crippen molar-refractivity contribution in [2.24, 2.45) is 5.73 Å². The van der Waals surface area contributed by atoms with Crippen LogP contribution in [0.5, 0.6) is 0 Å². The third-order valence-electron chi connectivity index (χ3n) is 3.18. The van der Waals surface area contributed by atoms with Gasteiger partial charge in [0.25, 0.3) is 0 Å². The first-order valence-electron chi connectivity index (χ1n) is 5.69. The highest BCUT2D eigenvalue weighted by molar-refractivity contribution is 5.41. The normalized spacial score (nSPS) is 19.7. The maximum atomic E-state index is 6.12. The molecule has 76 valence electrons. The van der Waals surface area contributed by atoms with Gasteiger partial charge in [0, 0.05) is 6.04 Å². The van der Waals surface area contributed by atoms with Crippen molar-refractivity contribution in [3.8, 4) is 0 Å². The summed E-state index contributed by atoms with van der Waals surface area (Å²) in [5.74, 6) is 0. The van der Waals surface area contributed by atoms with E-state index < -0.39 is 0 Å². The van der Waals surface area contributed by atoms with E-state index in [-0.39, 0.29) is 0 Å². The predicted molar refractivity (Wildman–Crippen MR) is 60.3 cm³/mol. The lowest BCUT2D eigenvalue weighted by Gasteiger charge is -2.11. The highest BCUT2D eigenvalue weighted by atomic mass is 14.6. The van der Waals surface area contributed by atoms with Crippen molar-refractivity contribution < 1.29 is 0 Å². The molecule has 0 radical (unpaired) electrons. The Morgan fingerprint density at radius 2 is 2.29 bits per heavy atom. The fraction of sp³-hybridized carbons (Fsp3) is 0.538. The number of rotatable bonds is 3. The summed E-state index contributed by atoms with van der Waals surface area (Å²) in [6, 6.07) is 6.97. The minimum absolute atomic E-state index is 0.304. The lowest BCUT2D eigenvalue weighted by atomic mass is 9.97. The van der Waals surface area contributed by atoms with E-state index in [0.717, 1.165) is 6.42 Å². The second-order valence-electron chi connectivity index (χ2n) is 4.24. The fourth-order valence-corrected chi connectivity index (χ4v) is 2.40. The van der Waals surface area contributed by atoms with Crippen LogP contribution < -0.4 is 5.73 Å². The second-order valence-corrected chi connectivity index (χ2v) is 4.24. The van der Waals surface area contributed by atoms with Gasteiger partial charge in [-0.3, -0.25) is 0 Å². The van der Waals surface area contributed by atoms with Gasteiger partial charge >= 0.3 is 0 Å². The van der Waals surface area contributed by atoms with E-state index in [1.807, 2.05) is 0 Å². The lowest BCUT2D eigenvalue weighted by Crippen LogP contribution is -2.08. The maximum Gasteiger partial charge on any atom is 0.0303 e. The van der Waals surface area contributed by atoms with Crippen molar-refractivity contribution in [2.45, 2.75) is 45.1 Å². The monoisotopic (exact) mass is 189 g/mol. The van der Waals surface area contributed by atoms with Crippen molar-refractivity contribution in [2.75, 3.05) is 0 Å². The number of benzene rings is 1. The SMILES string of the molecule is CCCCc1cccc2c1C(N)CC2. The van der Waals surface area contributed by atoms with E-state index in [0.29, 0.717) is 6.04 Å². The van der Waals surface area contributed by atoms with Gasteiger partial charge in [0.1, 0.15) is 0 Å². The predicted octanol–water partition coefficient (Wildman–Crippen LogP) is 2.98. The Bertz CT molecular complexity index is 317. The van der Waals surface area contributed by atoms with Crippen LogP contribution in [0, 0.1) is 0 Å². The molecule has 1 aliphatic carbocycles. The van der Waals surface area contributed by atoms with E-state index >= 15 is 0 Å². The van der Waals surface area contributed by atoms with Gasteiger partial charge in [-0.05, 0) is 42.4 Å². The Kier molecular flexibility index (Phi) is 2.87. The molecule has 0 aromatic heterocycles. The largest absolute Gasteiger partial charge is 0.324 e. The second kappa shape index (κ2) is 4.14. The summed E-state index contributed by atoms with van der Waals surface area (Å²) in [6.07, 6.45) is 6.06. The number of hydrogen-bond acceptors (Lipinski definition) is 1. The van der Waals surface area contributed by atoms with Crippen molar-refractivity contribution in [1.82, 2.24) is 0 Å². The fourth-order valence-electron chi connectivity index (χ4n) is 2.40. The van der Waals surface area contributed by atoms with Crippen LogP contribution in [-0.4, -0.2) is 0 Å². The van der Waals surface area contributed by atoms with E-state index in [9.17, 15) is 0 Å². The van der Waals surface area contributed by atoms with Crippen molar-refractivity contribution in [3.63, 3.8) is 0 Å². The van der Waals surface area contributed by atoms with E-state index in [1.165, 1.54) is 42.4 Å². The molecule has 14 heavy (non-hydrogen) atoms. The molecule has 0 amide bonds. The molecule has 0 heterocycles. The van der Waals surface area contributed by atoms with E-state index in [4.69, 9.17) is 5.73 Å². The zero-order valence-electron chi connectivity index (χ0n) is 8.92. The summed E-state index contributed by atoms with van der Waals surface area (Å²) < 4.78 is 0. The zero-order valence-corrected chi connectivity index (χ0v) is 8.92. The number of nitrogens with two attached hydrogens (primary N) is 1. The molecular formula is C13H19N. The molecule has 0 aliphatic heterocycles. The van der Waals surface area contributed by atoms with Crippen LogP contribution in [-0.2, 0) is 12.8 Å². The third kappa shape index (κ3) is 1.69. The van der Waals surface area contributed by atoms with Gasteiger partial charge in [0.05, 0.1) is 0 Å². The molecule has 0 saturated carbocycles. The number of aryl methyl sites for hydroxylation is 2. The summed E-state index contributed by atoms with van der Waals surface area (Å²) in [6.45, 7) is 2.24. The summed E-state index contributed by atoms with van der Waals surface area (Å²) in [5, 5.41) is 0. The summed E-state index contributed by atoms with van der Waals surface area (Å²) in [5.41, 5.74) is 10.6. The molecule has 0 spiro atoms. The van der Waals surface area contributed by atoms with Gasteiger partial charge in [-0.1, -0.05) is 31.5 Å². The number of fused-ring (bicyclic) bond motifs is 1. The molecule has 1 aliphatic rings. The first-order valence-corrected chi connectivity index (χ1v) is 5.69. The minimum atomic E-state index is 0.304. The minimum Gasteiger partial charge on any atom is -0.324 e. The molecule has 0 bridgehead atoms. The lowest BCUT2D eigenvalue weighted by molar-refractivity contribution is 0.699. The van der Waals surface area contributed by atoms with Crippen LogP contribution in [0.2, 0.25) is 0 Å². The van der Waals surface area contributed by atoms with Gasteiger partial charge in [-0.2, -0.15) is 0 Å². The molecule has 2 N–H and O–H groups in total. The quantitative estimate of drug-likeness (QED) is 0.777. The Labute approximate surface area is 86.3 Å².